The summed E-state index contributed by atoms with van der Waals surface area (Å²) in [5, 5.41) is 23.0. The molecule has 28 heavy (non-hydrogen) atoms. The molecular formula is C19H22N8O. The van der Waals surface area contributed by atoms with E-state index in [9.17, 15) is 5.11 Å². The van der Waals surface area contributed by atoms with Crippen LogP contribution in [0.5, 0.6) is 0 Å². The zero-order valence-electron chi connectivity index (χ0n) is 15.8. The summed E-state index contributed by atoms with van der Waals surface area (Å²) in [7, 11) is 1.88. The molecule has 1 saturated heterocycles. The minimum absolute atomic E-state index is 0.00673. The minimum Gasteiger partial charge on any atom is -0.392 e. The molecule has 5 rings (SSSR count). The standard InChI is InChI=1S/C19H22N8O/c1-11(28)16-10-27(7-6-20-16)19-17-15(24-25-26(17)2)8-14(23-19)13-9-22-18-12(13)4-3-5-21-18/h3-5,8-9,11,16,20,28H,6-7,10H2,1-2H3,(H,21,22). The van der Waals surface area contributed by atoms with Crippen LogP contribution in [0.4, 0.5) is 5.82 Å². The van der Waals surface area contributed by atoms with Crippen LogP contribution in [0.2, 0.25) is 0 Å². The van der Waals surface area contributed by atoms with E-state index < -0.39 is 6.10 Å². The molecule has 1 aliphatic rings. The summed E-state index contributed by atoms with van der Waals surface area (Å²) >= 11 is 0. The number of hydrogen-bond donors (Lipinski definition) is 3. The lowest BCUT2D eigenvalue weighted by atomic mass is 10.1. The molecule has 1 fully saturated rings. The number of pyridine rings is 2. The number of aromatic amines is 1. The lowest BCUT2D eigenvalue weighted by Gasteiger charge is -2.36. The van der Waals surface area contributed by atoms with Crippen molar-refractivity contribution in [2.75, 3.05) is 24.5 Å². The molecule has 4 aromatic heterocycles. The molecule has 0 amide bonds. The van der Waals surface area contributed by atoms with Crippen LogP contribution in [0.25, 0.3) is 33.3 Å². The average molecular weight is 378 g/mol. The number of nitrogens with one attached hydrogen (secondary N) is 2. The number of nitrogens with zero attached hydrogens (tertiary/aromatic N) is 6. The molecule has 0 spiro atoms. The first-order valence-corrected chi connectivity index (χ1v) is 9.41. The molecule has 0 radical (unpaired) electrons. The molecule has 1 aliphatic heterocycles. The molecule has 9 nitrogen and oxygen atoms in total. The largest absolute Gasteiger partial charge is 0.392 e. The second-order valence-corrected chi connectivity index (χ2v) is 7.26. The van der Waals surface area contributed by atoms with Crippen LogP contribution < -0.4 is 10.2 Å². The molecule has 2 unspecified atom stereocenters. The van der Waals surface area contributed by atoms with Gasteiger partial charge in [-0.15, -0.1) is 5.10 Å². The molecule has 2 atom stereocenters. The topological polar surface area (TPSA) is 108 Å². The third-order valence-electron chi connectivity index (χ3n) is 5.38. The predicted octanol–water partition coefficient (Wildman–Crippen LogP) is 1.07. The predicted molar refractivity (Wildman–Crippen MR) is 107 cm³/mol. The smallest absolute Gasteiger partial charge is 0.157 e. The average Bonchev–Trinajstić information content (AvgIpc) is 3.31. The van der Waals surface area contributed by atoms with Crippen LogP contribution in [-0.2, 0) is 7.05 Å². The Kier molecular flexibility index (Phi) is 3.99. The second kappa shape index (κ2) is 6.54. The highest BCUT2D eigenvalue weighted by Gasteiger charge is 2.27. The van der Waals surface area contributed by atoms with E-state index in [1.54, 1.807) is 10.9 Å². The quantitative estimate of drug-likeness (QED) is 0.489. The van der Waals surface area contributed by atoms with Gasteiger partial charge < -0.3 is 20.3 Å². The molecule has 0 aromatic carbocycles. The van der Waals surface area contributed by atoms with Crippen LogP contribution in [0.1, 0.15) is 6.92 Å². The molecule has 3 N–H and O–H groups in total. The van der Waals surface area contributed by atoms with Gasteiger partial charge in [0.05, 0.1) is 17.8 Å². The van der Waals surface area contributed by atoms with Crippen molar-refractivity contribution in [3.8, 4) is 11.3 Å². The van der Waals surface area contributed by atoms with Crippen molar-refractivity contribution in [2.45, 2.75) is 19.1 Å². The minimum atomic E-state index is -0.439. The number of aromatic nitrogens is 6. The zero-order chi connectivity index (χ0) is 19.3. The van der Waals surface area contributed by atoms with Crippen molar-refractivity contribution in [3.05, 3.63) is 30.6 Å². The van der Waals surface area contributed by atoms with E-state index in [-0.39, 0.29) is 6.04 Å². The maximum absolute atomic E-state index is 10.0. The Bertz CT molecular complexity index is 1150. The molecular weight excluding hydrogens is 356 g/mol. The van der Waals surface area contributed by atoms with Gasteiger partial charge in [0.2, 0.25) is 0 Å². The molecule has 0 bridgehead atoms. The van der Waals surface area contributed by atoms with Crippen LogP contribution >= 0.6 is 0 Å². The monoisotopic (exact) mass is 378 g/mol. The maximum atomic E-state index is 10.0. The Morgan fingerprint density at radius 2 is 2.25 bits per heavy atom. The lowest BCUT2D eigenvalue weighted by Crippen LogP contribution is -2.55. The van der Waals surface area contributed by atoms with Crippen molar-refractivity contribution in [1.82, 2.24) is 35.3 Å². The summed E-state index contributed by atoms with van der Waals surface area (Å²) in [4.78, 5) is 14.8. The van der Waals surface area contributed by atoms with Gasteiger partial charge in [-0.3, -0.25) is 0 Å². The summed E-state index contributed by atoms with van der Waals surface area (Å²) in [5.74, 6) is 0.838. The maximum Gasteiger partial charge on any atom is 0.157 e. The van der Waals surface area contributed by atoms with Gasteiger partial charge in [-0.05, 0) is 25.1 Å². The van der Waals surface area contributed by atoms with Gasteiger partial charge >= 0.3 is 0 Å². The van der Waals surface area contributed by atoms with E-state index in [0.29, 0.717) is 6.54 Å². The van der Waals surface area contributed by atoms with Crippen molar-refractivity contribution in [2.24, 2.45) is 7.05 Å². The molecule has 5 heterocycles. The van der Waals surface area contributed by atoms with E-state index in [2.05, 4.69) is 30.5 Å². The van der Waals surface area contributed by atoms with Crippen molar-refractivity contribution < 1.29 is 5.11 Å². The molecule has 0 saturated carbocycles. The molecule has 0 aliphatic carbocycles. The Hall–Kier alpha value is -3.04. The fourth-order valence-corrected chi connectivity index (χ4v) is 3.88. The summed E-state index contributed by atoms with van der Waals surface area (Å²) in [6, 6.07) is 5.92. The summed E-state index contributed by atoms with van der Waals surface area (Å²) in [5.41, 5.74) is 4.34. The Labute approximate surface area is 161 Å². The highest BCUT2D eigenvalue weighted by Crippen LogP contribution is 2.32. The van der Waals surface area contributed by atoms with E-state index >= 15 is 0 Å². The number of anilines is 1. The number of aliphatic hydroxyl groups excluding tert-OH is 1. The number of aryl methyl sites for hydroxylation is 1. The summed E-state index contributed by atoms with van der Waals surface area (Å²) in [6.45, 7) is 4.07. The van der Waals surface area contributed by atoms with Crippen LogP contribution in [-0.4, -0.2) is 66.8 Å². The normalized spacial score (nSPS) is 18.8. The van der Waals surface area contributed by atoms with Gasteiger partial charge in [0.15, 0.2) is 5.82 Å². The van der Waals surface area contributed by atoms with E-state index in [1.165, 1.54) is 0 Å². The van der Waals surface area contributed by atoms with Crippen LogP contribution in [0, 0.1) is 0 Å². The highest BCUT2D eigenvalue weighted by molar-refractivity contribution is 5.96. The first-order chi connectivity index (χ1) is 13.6. The third kappa shape index (κ3) is 2.71. The van der Waals surface area contributed by atoms with E-state index in [0.717, 1.165) is 52.2 Å². The van der Waals surface area contributed by atoms with Crippen molar-refractivity contribution in [3.63, 3.8) is 0 Å². The Morgan fingerprint density at radius 3 is 3.11 bits per heavy atom. The van der Waals surface area contributed by atoms with Gasteiger partial charge in [0, 0.05) is 50.0 Å². The molecule has 4 aromatic rings. The van der Waals surface area contributed by atoms with E-state index in [1.807, 2.05) is 38.4 Å². The summed E-state index contributed by atoms with van der Waals surface area (Å²) in [6.07, 6.45) is 3.26. The Balaban J connectivity index is 1.67. The number of aliphatic hydroxyl groups is 1. The van der Waals surface area contributed by atoms with Crippen molar-refractivity contribution in [1.29, 1.82) is 0 Å². The van der Waals surface area contributed by atoms with Crippen molar-refractivity contribution >= 4 is 27.9 Å². The zero-order valence-corrected chi connectivity index (χ0v) is 15.8. The number of fused-ring (bicyclic) bond motifs is 2. The first kappa shape index (κ1) is 17.1. The third-order valence-corrected chi connectivity index (χ3v) is 5.38. The SMILES string of the molecule is CC(O)C1CN(c2nc(-c3c[nH]c4ncccc34)cc3nnn(C)c23)CCN1. The first-order valence-electron chi connectivity index (χ1n) is 9.41. The Morgan fingerprint density at radius 1 is 1.36 bits per heavy atom. The van der Waals surface area contributed by atoms with Gasteiger partial charge in [-0.2, -0.15) is 0 Å². The highest BCUT2D eigenvalue weighted by atomic mass is 16.3. The van der Waals surface area contributed by atoms with Crippen LogP contribution in [0.15, 0.2) is 30.6 Å². The summed E-state index contributed by atoms with van der Waals surface area (Å²) < 4.78 is 1.76. The van der Waals surface area contributed by atoms with Gasteiger partial charge in [0.1, 0.15) is 16.7 Å². The number of piperazine rings is 1. The lowest BCUT2D eigenvalue weighted by molar-refractivity contribution is 0.141. The van der Waals surface area contributed by atoms with Crippen LogP contribution in [0.3, 0.4) is 0 Å². The fourth-order valence-electron chi connectivity index (χ4n) is 3.88. The molecule has 9 heteroatoms. The van der Waals surface area contributed by atoms with Gasteiger partial charge in [-0.1, -0.05) is 5.21 Å². The van der Waals surface area contributed by atoms with Gasteiger partial charge in [0.25, 0.3) is 0 Å². The fraction of sp³-hybridized carbons (Fsp3) is 0.368. The number of hydrogen-bond acceptors (Lipinski definition) is 7. The van der Waals surface area contributed by atoms with Gasteiger partial charge in [-0.25, -0.2) is 14.6 Å². The number of H-pyrrole nitrogens is 1. The number of rotatable bonds is 3. The second-order valence-electron chi connectivity index (χ2n) is 7.26. The van der Waals surface area contributed by atoms with E-state index in [4.69, 9.17) is 4.98 Å². The molecule has 144 valence electrons.